The number of fused-ring (bicyclic) bond motifs is 2. The van der Waals surface area contributed by atoms with E-state index in [1.807, 2.05) is 0 Å². The van der Waals surface area contributed by atoms with Crippen molar-refractivity contribution in [3.05, 3.63) is 23.2 Å². The average molecular weight is 171 g/mol. The van der Waals surface area contributed by atoms with Gasteiger partial charge in [-0.25, -0.2) is 4.79 Å². The summed E-state index contributed by atoms with van der Waals surface area (Å²) in [7, 11) is 0. The maximum atomic E-state index is 10.6. The normalized spacial score (nSPS) is 13.7. The van der Waals surface area contributed by atoms with Crippen molar-refractivity contribution >= 4 is 17.8 Å². The summed E-state index contributed by atoms with van der Waals surface area (Å²) < 4.78 is 9.25. The Morgan fingerprint density at radius 1 is 1.27 bits per heavy atom. The summed E-state index contributed by atoms with van der Waals surface area (Å²) in [6, 6.07) is 4.77. The predicted molar refractivity (Wildman–Crippen MR) is 38.1 cm³/mol. The summed E-state index contributed by atoms with van der Waals surface area (Å²) in [5.41, 5.74) is 0. The minimum Gasteiger partial charge on any atom is -0.395 e. The van der Waals surface area contributed by atoms with Gasteiger partial charge in [0.2, 0.25) is 0 Å². The van der Waals surface area contributed by atoms with Crippen LogP contribution >= 0.6 is 11.6 Å². The molecule has 1 aromatic rings. The Morgan fingerprint density at radius 3 is 2.91 bits per heavy atom. The minimum atomic E-state index is -0.736. The van der Waals surface area contributed by atoms with Gasteiger partial charge in [0, 0.05) is 6.07 Å². The van der Waals surface area contributed by atoms with Crippen LogP contribution in [0.5, 0.6) is 11.5 Å². The molecule has 0 aromatic heterocycles. The molecule has 0 saturated heterocycles. The molecule has 11 heavy (non-hydrogen) atoms. The van der Waals surface area contributed by atoms with Crippen molar-refractivity contribution in [1.82, 2.24) is 0 Å². The van der Waals surface area contributed by atoms with Crippen LogP contribution in [0, 0.1) is 0 Å². The number of rotatable bonds is 0. The third-order valence-electron chi connectivity index (χ3n) is 1.30. The van der Waals surface area contributed by atoms with Crippen molar-refractivity contribution in [3.8, 4) is 11.5 Å². The molecule has 0 atom stereocenters. The van der Waals surface area contributed by atoms with Crippen LogP contribution in [-0.4, -0.2) is 6.16 Å². The molecule has 3 nitrogen and oxygen atoms in total. The van der Waals surface area contributed by atoms with Crippen molar-refractivity contribution in [1.29, 1.82) is 0 Å². The smallest absolute Gasteiger partial charge is 0.395 e. The number of carbonyl (C=O) groups excluding carboxylic acids is 1. The summed E-state index contributed by atoms with van der Waals surface area (Å²) in [6.45, 7) is 0. The second-order valence-corrected chi connectivity index (χ2v) is 2.45. The lowest BCUT2D eigenvalue weighted by Gasteiger charge is -2.12. The molecule has 0 saturated carbocycles. The topological polar surface area (TPSA) is 35.5 Å². The lowest BCUT2D eigenvalue weighted by Crippen LogP contribution is -2.17. The Labute approximate surface area is 67.5 Å². The van der Waals surface area contributed by atoms with Crippen molar-refractivity contribution in [2.45, 2.75) is 0 Å². The second-order valence-electron chi connectivity index (χ2n) is 2.05. The molecule has 1 aliphatic rings. The van der Waals surface area contributed by atoms with Crippen LogP contribution in [0.25, 0.3) is 0 Å². The van der Waals surface area contributed by atoms with Gasteiger partial charge in [0.05, 0.1) is 5.02 Å². The summed E-state index contributed by atoms with van der Waals surface area (Å²) in [6.07, 6.45) is -0.736. The first-order valence-electron chi connectivity index (χ1n) is 2.95. The number of halogens is 1. The molecule has 0 N–H and O–H groups in total. The standard InChI is InChI=1S/C7H3ClO3/c8-5-2-1-4-3-6(5)11-7(9)10-4/h1-3H. The maximum absolute atomic E-state index is 10.6. The van der Waals surface area contributed by atoms with Gasteiger partial charge < -0.3 is 9.47 Å². The fraction of sp³-hybridized carbons (Fsp3) is 0. The van der Waals surface area contributed by atoms with Gasteiger partial charge in [0.1, 0.15) is 5.75 Å². The van der Waals surface area contributed by atoms with Gasteiger partial charge >= 0.3 is 6.16 Å². The molecule has 2 bridgehead atoms. The molecule has 1 aliphatic heterocycles. The van der Waals surface area contributed by atoms with Crippen LogP contribution in [0.2, 0.25) is 5.02 Å². The zero-order valence-corrected chi connectivity index (χ0v) is 6.09. The van der Waals surface area contributed by atoms with Gasteiger partial charge in [-0.3, -0.25) is 0 Å². The molecule has 2 rings (SSSR count). The van der Waals surface area contributed by atoms with Crippen molar-refractivity contribution in [3.63, 3.8) is 0 Å². The Balaban J connectivity index is 2.56. The van der Waals surface area contributed by atoms with E-state index in [-0.39, 0.29) is 0 Å². The molecule has 0 amide bonds. The van der Waals surface area contributed by atoms with E-state index in [2.05, 4.69) is 9.47 Å². The SMILES string of the molecule is O=C1Oc2ccc(Cl)c(c2)O1. The molecular weight excluding hydrogens is 168 g/mol. The maximum Gasteiger partial charge on any atom is 0.519 e. The second kappa shape index (κ2) is 2.13. The zero-order valence-electron chi connectivity index (χ0n) is 5.33. The van der Waals surface area contributed by atoms with E-state index in [1.165, 1.54) is 0 Å². The highest BCUT2D eigenvalue weighted by Gasteiger charge is 2.17. The third-order valence-corrected chi connectivity index (χ3v) is 1.61. The first-order chi connectivity index (χ1) is 5.25. The number of hydrogen-bond acceptors (Lipinski definition) is 3. The van der Waals surface area contributed by atoms with E-state index in [0.29, 0.717) is 16.5 Å². The molecule has 1 heterocycles. The number of carbonyl (C=O) groups is 1. The van der Waals surface area contributed by atoms with Gasteiger partial charge in [0.15, 0.2) is 5.75 Å². The first kappa shape index (κ1) is 6.49. The molecule has 0 aliphatic carbocycles. The molecule has 4 heteroatoms. The van der Waals surface area contributed by atoms with Crippen molar-refractivity contribution in [2.75, 3.05) is 0 Å². The largest absolute Gasteiger partial charge is 0.519 e. The van der Waals surface area contributed by atoms with Gasteiger partial charge in [0.25, 0.3) is 0 Å². The molecule has 56 valence electrons. The van der Waals surface area contributed by atoms with Gasteiger partial charge in [-0.15, -0.1) is 0 Å². The van der Waals surface area contributed by atoms with E-state index in [1.54, 1.807) is 18.2 Å². The zero-order chi connectivity index (χ0) is 7.84. The lowest BCUT2D eigenvalue weighted by molar-refractivity contribution is 0.146. The molecule has 0 fully saturated rings. The highest BCUT2D eigenvalue weighted by Crippen LogP contribution is 2.32. The van der Waals surface area contributed by atoms with E-state index in [0.717, 1.165) is 0 Å². The van der Waals surface area contributed by atoms with Crippen LogP contribution in [0.3, 0.4) is 0 Å². The number of benzene rings is 1. The third kappa shape index (κ3) is 1.03. The van der Waals surface area contributed by atoms with Gasteiger partial charge in [-0.1, -0.05) is 11.6 Å². The van der Waals surface area contributed by atoms with Crippen LogP contribution in [0.4, 0.5) is 4.79 Å². The number of hydrogen-bond donors (Lipinski definition) is 0. The first-order valence-corrected chi connectivity index (χ1v) is 3.33. The molecular formula is C7H3ClO3. The minimum absolute atomic E-state index is 0.348. The summed E-state index contributed by atoms with van der Waals surface area (Å²) in [5.74, 6) is 0.807. The highest BCUT2D eigenvalue weighted by atomic mass is 35.5. The Bertz CT molecular complexity index is 321. The monoisotopic (exact) mass is 170 g/mol. The van der Waals surface area contributed by atoms with Crippen LogP contribution in [0.1, 0.15) is 0 Å². The summed E-state index contributed by atoms with van der Waals surface area (Å²) in [4.78, 5) is 10.6. The van der Waals surface area contributed by atoms with E-state index >= 15 is 0 Å². The fourth-order valence-electron chi connectivity index (χ4n) is 0.832. The number of ether oxygens (including phenoxy) is 2. The predicted octanol–water partition coefficient (Wildman–Crippen LogP) is 2.23. The lowest BCUT2D eigenvalue weighted by atomic mass is 10.3. The molecule has 0 radical (unpaired) electrons. The fourth-order valence-corrected chi connectivity index (χ4v) is 0.988. The summed E-state index contributed by atoms with van der Waals surface area (Å²) in [5, 5.41) is 0.408. The Hall–Kier alpha value is -1.22. The summed E-state index contributed by atoms with van der Waals surface area (Å²) >= 11 is 5.66. The van der Waals surface area contributed by atoms with Gasteiger partial charge in [-0.2, -0.15) is 0 Å². The van der Waals surface area contributed by atoms with Crippen LogP contribution < -0.4 is 9.47 Å². The molecule has 0 unspecified atom stereocenters. The molecule has 1 aromatic carbocycles. The van der Waals surface area contributed by atoms with E-state index < -0.39 is 6.16 Å². The molecule has 0 spiro atoms. The quantitative estimate of drug-likeness (QED) is 0.443. The Kier molecular flexibility index (Phi) is 1.26. The van der Waals surface area contributed by atoms with Gasteiger partial charge in [-0.05, 0) is 12.1 Å². The highest BCUT2D eigenvalue weighted by molar-refractivity contribution is 6.32. The van der Waals surface area contributed by atoms with Crippen molar-refractivity contribution < 1.29 is 14.3 Å². The Morgan fingerprint density at radius 2 is 2.09 bits per heavy atom. The van der Waals surface area contributed by atoms with Crippen LogP contribution in [0.15, 0.2) is 18.2 Å². The van der Waals surface area contributed by atoms with E-state index in [9.17, 15) is 4.79 Å². The van der Waals surface area contributed by atoms with Crippen molar-refractivity contribution in [2.24, 2.45) is 0 Å². The van der Waals surface area contributed by atoms with Crippen LogP contribution in [-0.2, 0) is 0 Å². The van der Waals surface area contributed by atoms with E-state index in [4.69, 9.17) is 11.6 Å². The average Bonchev–Trinajstić information content (AvgIpc) is 1.97.